The second-order valence-electron chi connectivity index (χ2n) is 7.46. The van der Waals surface area contributed by atoms with Crippen LogP contribution in [0.1, 0.15) is 24.0 Å². The first kappa shape index (κ1) is 23.3. The van der Waals surface area contributed by atoms with E-state index in [0.29, 0.717) is 30.4 Å². The number of carbonyl (C=O) groups is 3. The maximum Gasteiger partial charge on any atom is 0.294 e. The quantitative estimate of drug-likeness (QED) is 0.322. The van der Waals surface area contributed by atoms with Crippen molar-refractivity contribution in [1.29, 1.82) is 0 Å². The number of hydrogen-bond donors (Lipinski definition) is 0. The maximum absolute atomic E-state index is 12.7. The van der Waals surface area contributed by atoms with Crippen molar-refractivity contribution in [2.45, 2.75) is 19.4 Å². The van der Waals surface area contributed by atoms with Gasteiger partial charge >= 0.3 is 0 Å². The van der Waals surface area contributed by atoms with Crippen LogP contribution < -0.4 is 4.74 Å². The summed E-state index contributed by atoms with van der Waals surface area (Å²) in [6, 6.07) is 13.6. The molecule has 4 rings (SSSR count). The van der Waals surface area contributed by atoms with Crippen LogP contribution in [-0.4, -0.2) is 46.5 Å². The van der Waals surface area contributed by atoms with E-state index in [2.05, 4.69) is 38.5 Å². The van der Waals surface area contributed by atoms with Crippen molar-refractivity contribution in [2.75, 3.05) is 19.6 Å². The molecule has 2 aromatic carbocycles. The van der Waals surface area contributed by atoms with Crippen LogP contribution in [0.15, 0.2) is 51.8 Å². The molecule has 2 saturated heterocycles. The summed E-state index contributed by atoms with van der Waals surface area (Å²) in [5.74, 6) is 0.0798. The first-order valence-electron chi connectivity index (χ1n) is 10.1. The molecule has 0 atom stereocenters. The summed E-state index contributed by atoms with van der Waals surface area (Å²) < 4.78 is 7.81. The van der Waals surface area contributed by atoms with Gasteiger partial charge in [0.2, 0.25) is 5.91 Å². The molecule has 2 aliphatic rings. The zero-order valence-corrected chi connectivity index (χ0v) is 21.6. The molecule has 2 heterocycles. The lowest BCUT2D eigenvalue weighted by Crippen LogP contribution is -2.40. The summed E-state index contributed by atoms with van der Waals surface area (Å²) in [4.78, 5) is 40.4. The number of rotatable bonds is 6. The lowest BCUT2D eigenvalue weighted by Gasteiger charge is -2.18. The lowest BCUT2D eigenvalue weighted by molar-refractivity contribution is -0.135. The van der Waals surface area contributed by atoms with Crippen molar-refractivity contribution in [3.8, 4) is 5.75 Å². The molecule has 0 unspecified atom stereocenters. The molecule has 0 bridgehead atoms. The van der Waals surface area contributed by atoms with E-state index in [1.807, 2.05) is 42.5 Å². The van der Waals surface area contributed by atoms with Crippen LogP contribution in [-0.2, 0) is 16.2 Å². The molecule has 0 aliphatic carbocycles. The molecule has 0 N–H and O–H groups in total. The fourth-order valence-electron chi connectivity index (χ4n) is 3.46. The van der Waals surface area contributed by atoms with Crippen molar-refractivity contribution in [3.05, 3.63) is 66.5 Å². The number of halogens is 2. The average molecular weight is 627 g/mol. The predicted octanol–water partition coefficient (Wildman–Crippen LogP) is 5.29. The van der Waals surface area contributed by atoms with Gasteiger partial charge in [-0.3, -0.25) is 19.3 Å². The van der Waals surface area contributed by atoms with Crippen molar-refractivity contribution in [1.82, 2.24) is 9.80 Å². The highest BCUT2D eigenvalue weighted by Gasteiger charge is 2.37. The van der Waals surface area contributed by atoms with Crippen LogP contribution in [0, 0.1) is 3.57 Å². The van der Waals surface area contributed by atoms with Crippen LogP contribution >= 0.6 is 50.3 Å². The Bertz CT molecular complexity index is 1080. The molecule has 2 aromatic rings. The topological polar surface area (TPSA) is 66.9 Å². The highest BCUT2D eigenvalue weighted by atomic mass is 127. The van der Waals surface area contributed by atoms with E-state index in [1.165, 1.54) is 3.57 Å². The summed E-state index contributed by atoms with van der Waals surface area (Å²) in [5, 5.41) is -0.412. The Morgan fingerprint density at radius 1 is 1.12 bits per heavy atom. The minimum Gasteiger partial charge on any atom is -0.488 e. The highest BCUT2D eigenvalue weighted by Crippen LogP contribution is 2.34. The number of carbonyl (C=O) groups excluding carboxylic acids is 3. The molecule has 166 valence electrons. The largest absolute Gasteiger partial charge is 0.488 e. The highest BCUT2D eigenvalue weighted by molar-refractivity contribution is 14.1. The van der Waals surface area contributed by atoms with Gasteiger partial charge < -0.3 is 9.64 Å². The van der Waals surface area contributed by atoms with Gasteiger partial charge in [-0.15, -0.1) is 0 Å². The zero-order valence-electron chi connectivity index (χ0n) is 17.1. The van der Waals surface area contributed by atoms with Gasteiger partial charge in [-0.25, -0.2) is 0 Å². The maximum atomic E-state index is 12.7. The van der Waals surface area contributed by atoms with E-state index in [4.69, 9.17) is 4.74 Å². The van der Waals surface area contributed by atoms with Crippen LogP contribution in [0.5, 0.6) is 5.75 Å². The van der Waals surface area contributed by atoms with E-state index in [9.17, 15) is 14.4 Å². The number of ether oxygens (including phenoxy) is 1. The summed E-state index contributed by atoms with van der Waals surface area (Å²) in [7, 11) is 0. The van der Waals surface area contributed by atoms with Crippen molar-refractivity contribution >= 4 is 73.4 Å². The van der Waals surface area contributed by atoms with Gasteiger partial charge in [-0.1, -0.05) is 18.2 Å². The van der Waals surface area contributed by atoms with Gasteiger partial charge in [-0.05, 0) is 105 Å². The summed E-state index contributed by atoms with van der Waals surface area (Å²) in [6.45, 7) is 1.63. The van der Waals surface area contributed by atoms with Crippen molar-refractivity contribution < 1.29 is 19.1 Å². The zero-order chi connectivity index (χ0) is 22.7. The molecule has 32 heavy (non-hydrogen) atoms. The molecule has 0 spiro atoms. The fraction of sp³-hybridized carbons (Fsp3) is 0.261. The Labute approximate surface area is 212 Å². The minimum absolute atomic E-state index is 0.177. The molecule has 9 heteroatoms. The van der Waals surface area contributed by atoms with E-state index in [1.54, 1.807) is 11.0 Å². The predicted molar refractivity (Wildman–Crippen MR) is 136 cm³/mol. The molecule has 0 saturated carbocycles. The van der Waals surface area contributed by atoms with Gasteiger partial charge in [-0.2, -0.15) is 0 Å². The Kier molecular flexibility index (Phi) is 7.57. The van der Waals surface area contributed by atoms with E-state index in [-0.39, 0.29) is 12.5 Å². The Hall–Kier alpha value is -1.85. The Morgan fingerprint density at radius 2 is 1.84 bits per heavy atom. The average Bonchev–Trinajstić information content (AvgIpc) is 3.39. The van der Waals surface area contributed by atoms with Gasteiger partial charge in [0, 0.05) is 16.7 Å². The number of thioether (sulfide) groups is 1. The number of nitrogens with zero attached hydrogens (tertiary/aromatic N) is 2. The normalized spacial score (nSPS) is 17.5. The van der Waals surface area contributed by atoms with Gasteiger partial charge in [0.05, 0.1) is 9.38 Å². The summed E-state index contributed by atoms with van der Waals surface area (Å²) in [5.41, 5.74) is 1.83. The SMILES string of the molecule is O=C(CN1C(=O)S/C(=C/c2ccc(OCc3ccc(I)cc3)c(Br)c2)C1=O)N1CCCC1. The molecule has 3 amide bonds. The van der Waals surface area contributed by atoms with Crippen LogP contribution in [0.3, 0.4) is 0 Å². The van der Waals surface area contributed by atoms with Crippen LogP contribution in [0.25, 0.3) is 6.08 Å². The molecule has 2 fully saturated rings. The first-order chi connectivity index (χ1) is 15.4. The molecule has 2 aliphatic heterocycles. The van der Waals surface area contributed by atoms with Crippen molar-refractivity contribution in [3.63, 3.8) is 0 Å². The van der Waals surface area contributed by atoms with E-state index in [0.717, 1.165) is 45.1 Å². The Balaban J connectivity index is 1.41. The number of hydrogen-bond acceptors (Lipinski definition) is 5. The molecular formula is C23H20BrIN2O4S. The molecule has 0 aromatic heterocycles. The van der Waals surface area contributed by atoms with Crippen LogP contribution in [0.2, 0.25) is 0 Å². The second-order valence-corrected chi connectivity index (χ2v) is 10.6. The molecule has 6 nitrogen and oxygen atoms in total. The monoisotopic (exact) mass is 626 g/mol. The molecular weight excluding hydrogens is 607 g/mol. The summed E-state index contributed by atoms with van der Waals surface area (Å²) in [6.07, 6.45) is 3.60. The van der Waals surface area contributed by atoms with Gasteiger partial charge in [0.25, 0.3) is 11.1 Å². The fourth-order valence-corrected chi connectivity index (χ4v) is 5.16. The van der Waals surface area contributed by atoms with Crippen molar-refractivity contribution in [2.24, 2.45) is 0 Å². The third kappa shape index (κ3) is 5.55. The number of amides is 3. The van der Waals surface area contributed by atoms with E-state index < -0.39 is 11.1 Å². The van der Waals surface area contributed by atoms with Crippen LogP contribution in [0.4, 0.5) is 4.79 Å². The van der Waals surface area contributed by atoms with Gasteiger partial charge in [0.15, 0.2) is 0 Å². The number of imide groups is 1. The minimum atomic E-state index is -0.428. The summed E-state index contributed by atoms with van der Waals surface area (Å²) >= 11 is 6.64. The van der Waals surface area contributed by atoms with Gasteiger partial charge in [0.1, 0.15) is 18.9 Å². The van der Waals surface area contributed by atoms with E-state index >= 15 is 0 Å². The smallest absolute Gasteiger partial charge is 0.294 e. The third-order valence-corrected chi connectivity index (χ3v) is 7.43. The lowest BCUT2D eigenvalue weighted by atomic mass is 10.2. The number of benzene rings is 2. The molecule has 0 radical (unpaired) electrons. The Morgan fingerprint density at radius 3 is 2.53 bits per heavy atom. The first-order valence-corrected chi connectivity index (χ1v) is 12.8. The second kappa shape index (κ2) is 10.4. The third-order valence-electron chi connectivity index (χ3n) is 5.19. The standard InChI is InChI=1S/C23H20BrIN2O4S/c24-18-11-16(5-8-19(18)31-14-15-3-6-17(25)7-4-15)12-20-22(29)27(23(30)32-20)13-21(28)26-9-1-2-10-26/h3-8,11-12H,1-2,9-10,13-14H2/b20-12+. The number of likely N-dealkylation sites (tertiary alicyclic amines) is 1.